The van der Waals surface area contributed by atoms with Gasteiger partial charge in [-0.2, -0.15) is 5.10 Å². The molecule has 8 nitrogen and oxygen atoms in total. The lowest BCUT2D eigenvalue weighted by atomic mass is 9.98. The minimum Gasteiger partial charge on any atom is -0.450 e. The highest BCUT2D eigenvalue weighted by Gasteiger charge is 2.28. The van der Waals surface area contributed by atoms with Gasteiger partial charge < -0.3 is 14.6 Å². The lowest BCUT2D eigenvalue weighted by Gasteiger charge is -2.18. The van der Waals surface area contributed by atoms with Gasteiger partial charge in [0.15, 0.2) is 11.4 Å². The Morgan fingerprint density at radius 3 is 2.83 bits per heavy atom. The minimum absolute atomic E-state index is 0.0310. The van der Waals surface area contributed by atoms with Crippen molar-refractivity contribution in [2.24, 2.45) is 13.0 Å². The van der Waals surface area contributed by atoms with Crippen molar-refractivity contribution in [3.05, 3.63) is 78.2 Å². The summed E-state index contributed by atoms with van der Waals surface area (Å²) < 4.78 is 8.05. The second-order valence-corrected chi connectivity index (χ2v) is 10.8. The van der Waals surface area contributed by atoms with Crippen molar-refractivity contribution in [3.63, 3.8) is 0 Å². The Bertz CT molecular complexity index is 1920. The molecule has 1 aliphatic rings. The van der Waals surface area contributed by atoms with Gasteiger partial charge in [-0.05, 0) is 79.3 Å². The van der Waals surface area contributed by atoms with Crippen molar-refractivity contribution < 1.29 is 9.21 Å². The molecule has 8 heteroatoms. The van der Waals surface area contributed by atoms with Crippen molar-refractivity contribution in [3.8, 4) is 11.1 Å². The summed E-state index contributed by atoms with van der Waals surface area (Å²) in [6.07, 6.45) is 3.27. The van der Waals surface area contributed by atoms with Crippen LogP contribution in [0.15, 0.2) is 71.3 Å². The van der Waals surface area contributed by atoms with Crippen LogP contribution in [0.5, 0.6) is 0 Å². The summed E-state index contributed by atoms with van der Waals surface area (Å²) in [6, 6.07) is 20.4. The Morgan fingerprint density at radius 1 is 1.07 bits per heavy atom. The number of hydrogen-bond donors (Lipinski definition) is 1. The Balaban J connectivity index is 1.04. The first kappa shape index (κ1) is 24.3. The normalized spacial score (nSPS) is 15.5. The fourth-order valence-corrected chi connectivity index (χ4v) is 5.96. The van der Waals surface area contributed by atoms with Crippen LogP contribution in [0, 0.1) is 19.8 Å². The number of hydrogen-bond acceptors (Lipinski definition) is 6. The van der Waals surface area contributed by atoms with Crippen molar-refractivity contribution in [2.45, 2.75) is 26.7 Å². The zero-order valence-electron chi connectivity index (χ0n) is 22.8. The second kappa shape index (κ2) is 9.48. The number of nitrogens with zero attached hydrogens (tertiary/aromatic N) is 5. The molecule has 6 aromatic rings. The van der Waals surface area contributed by atoms with Crippen LogP contribution in [0.1, 0.15) is 24.2 Å². The third-order valence-electron chi connectivity index (χ3n) is 7.94. The lowest BCUT2D eigenvalue weighted by Crippen LogP contribution is -2.23. The molecule has 40 heavy (non-hydrogen) atoms. The summed E-state index contributed by atoms with van der Waals surface area (Å²) in [6.45, 7) is 5.58. The van der Waals surface area contributed by atoms with Crippen LogP contribution in [-0.4, -0.2) is 38.7 Å². The molecule has 3 aromatic carbocycles. The fourth-order valence-electron chi connectivity index (χ4n) is 5.96. The molecular formula is C32H30N6O2. The number of carbonyl (C=O) groups excluding carboxylic acids is 1. The first-order chi connectivity index (χ1) is 19.4. The number of rotatable bonds is 5. The summed E-state index contributed by atoms with van der Waals surface area (Å²) in [5.74, 6) is 1.80. The number of anilines is 2. The molecule has 1 amide bonds. The van der Waals surface area contributed by atoms with E-state index in [1.54, 1.807) is 0 Å². The summed E-state index contributed by atoms with van der Waals surface area (Å²) in [4.78, 5) is 24.7. The van der Waals surface area contributed by atoms with Crippen molar-refractivity contribution in [2.75, 3.05) is 23.3 Å². The highest BCUT2D eigenvalue weighted by Crippen LogP contribution is 2.35. The van der Waals surface area contributed by atoms with Gasteiger partial charge in [0.2, 0.25) is 5.91 Å². The molecule has 1 atom stereocenters. The molecule has 1 aliphatic heterocycles. The van der Waals surface area contributed by atoms with Gasteiger partial charge >= 0.3 is 0 Å². The highest BCUT2D eigenvalue weighted by molar-refractivity contribution is 6.05. The molecule has 0 bridgehead atoms. The van der Waals surface area contributed by atoms with E-state index in [9.17, 15) is 4.79 Å². The van der Waals surface area contributed by atoms with Gasteiger partial charge in [-0.3, -0.25) is 9.48 Å². The van der Waals surface area contributed by atoms with Gasteiger partial charge in [0, 0.05) is 43.0 Å². The Hall–Kier alpha value is -4.72. The molecule has 1 fully saturated rings. The van der Waals surface area contributed by atoms with E-state index in [-0.39, 0.29) is 11.8 Å². The number of fused-ring (bicyclic) bond motifs is 4. The molecule has 1 saturated heterocycles. The van der Waals surface area contributed by atoms with Gasteiger partial charge in [0.25, 0.3) is 0 Å². The molecule has 200 valence electrons. The number of amides is 1. The van der Waals surface area contributed by atoms with Crippen LogP contribution in [0.2, 0.25) is 0 Å². The van der Waals surface area contributed by atoms with E-state index in [0.29, 0.717) is 6.42 Å². The van der Waals surface area contributed by atoms with E-state index < -0.39 is 0 Å². The zero-order valence-corrected chi connectivity index (χ0v) is 22.8. The Kier molecular flexibility index (Phi) is 5.77. The SMILES string of the molecule is Cc1nc(N2CC[C@H](CC(=O)Nc3ccc(-c4ccc5c(cnn5C)c4)c(C)c3)C2)c2oc3ccccc3c2n1. The topological polar surface area (TPSA) is 89.1 Å². The van der Waals surface area contributed by atoms with E-state index in [2.05, 4.69) is 51.5 Å². The minimum atomic E-state index is 0.0310. The molecule has 3 aromatic heterocycles. The molecule has 0 saturated carbocycles. The summed E-state index contributed by atoms with van der Waals surface area (Å²) in [5, 5.41) is 9.57. The first-order valence-electron chi connectivity index (χ1n) is 13.7. The number of aryl methyl sites for hydroxylation is 3. The summed E-state index contributed by atoms with van der Waals surface area (Å²) in [5.41, 5.74) is 7.70. The molecule has 0 spiro atoms. The number of aromatic nitrogens is 4. The largest absolute Gasteiger partial charge is 0.450 e. The third-order valence-corrected chi connectivity index (χ3v) is 7.94. The van der Waals surface area contributed by atoms with Crippen LogP contribution >= 0.6 is 0 Å². The van der Waals surface area contributed by atoms with Crippen LogP contribution in [0.25, 0.3) is 44.1 Å². The third kappa shape index (κ3) is 4.25. The molecule has 1 N–H and O–H groups in total. The quantitative estimate of drug-likeness (QED) is 0.277. The van der Waals surface area contributed by atoms with Crippen LogP contribution in [0.4, 0.5) is 11.5 Å². The standard InChI is InChI=1S/C32H30N6O2/c1-19-14-24(9-10-25(19)22-8-11-27-23(16-22)17-33-37(27)3)36-29(39)15-21-12-13-38(18-21)32-31-30(34-20(2)35-32)26-6-4-5-7-28(26)40-31/h4-11,14,16-17,21H,12-13,15,18H2,1-3H3,(H,36,39)/t21-/m1/s1. The predicted molar refractivity (Wildman–Crippen MR) is 159 cm³/mol. The molecular weight excluding hydrogens is 500 g/mol. The maximum absolute atomic E-state index is 13.0. The average Bonchev–Trinajstić information content (AvgIpc) is 3.65. The maximum atomic E-state index is 13.0. The molecule has 4 heterocycles. The molecule has 0 aliphatic carbocycles. The highest BCUT2D eigenvalue weighted by atomic mass is 16.3. The summed E-state index contributed by atoms with van der Waals surface area (Å²) in [7, 11) is 1.95. The van der Waals surface area contributed by atoms with Crippen molar-refractivity contribution in [1.29, 1.82) is 0 Å². The van der Waals surface area contributed by atoms with E-state index in [4.69, 9.17) is 9.40 Å². The molecule has 0 radical (unpaired) electrons. The van der Waals surface area contributed by atoms with Crippen molar-refractivity contribution >= 4 is 50.4 Å². The van der Waals surface area contributed by atoms with E-state index in [0.717, 1.165) is 86.5 Å². The van der Waals surface area contributed by atoms with Gasteiger partial charge in [-0.1, -0.05) is 24.3 Å². The predicted octanol–water partition coefficient (Wildman–Crippen LogP) is 6.40. The van der Waals surface area contributed by atoms with Crippen molar-refractivity contribution in [1.82, 2.24) is 19.7 Å². The maximum Gasteiger partial charge on any atom is 0.224 e. The van der Waals surface area contributed by atoms with Gasteiger partial charge in [-0.25, -0.2) is 9.97 Å². The number of furan rings is 1. The zero-order chi connectivity index (χ0) is 27.4. The average molecular weight is 531 g/mol. The smallest absolute Gasteiger partial charge is 0.224 e. The molecule has 7 rings (SSSR count). The summed E-state index contributed by atoms with van der Waals surface area (Å²) >= 11 is 0. The number of carbonyl (C=O) groups is 1. The van der Waals surface area contributed by atoms with Gasteiger partial charge in [-0.15, -0.1) is 0 Å². The number of benzene rings is 3. The Morgan fingerprint density at radius 2 is 1.95 bits per heavy atom. The van der Waals surface area contributed by atoms with Gasteiger partial charge in [0.1, 0.15) is 16.9 Å². The van der Waals surface area contributed by atoms with Crippen LogP contribution in [-0.2, 0) is 11.8 Å². The van der Waals surface area contributed by atoms with E-state index in [1.807, 2.05) is 61.2 Å². The van der Waals surface area contributed by atoms with E-state index >= 15 is 0 Å². The fraction of sp³-hybridized carbons (Fsp3) is 0.250. The number of nitrogens with one attached hydrogen (secondary N) is 1. The van der Waals surface area contributed by atoms with Gasteiger partial charge in [0.05, 0.1) is 11.7 Å². The monoisotopic (exact) mass is 530 g/mol. The second-order valence-electron chi connectivity index (χ2n) is 10.8. The lowest BCUT2D eigenvalue weighted by molar-refractivity contribution is -0.116. The van der Waals surface area contributed by atoms with Crippen LogP contribution < -0.4 is 10.2 Å². The van der Waals surface area contributed by atoms with Crippen LogP contribution in [0.3, 0.4) is 0 Å². The van der Waals surface area contributed by atoms with E-state index in [1.165, 1.54) is 0 Å². The Labute approximate surface area is 231 Å². The number of para-hydroxylation sites is 1. The first-order valence-corrected chi connectivity index (χ1v) is 13.7. The molecule has 0 unspecified atom stereocenters.